The van der Waals surface area contributed by atoms with Crippen LogP contribution in [0.25, 0.3) is 0 Å². The highest BCUT2D eigenvalue weighted by molar-refractivity contribution is 7.99. The number of thioether (sulfide) groups is 1. The van der Waals surface area contributed by atoms with Gasteiger partial charge in [0.2, 0.25) is 0 Å². The van der Waals surface area contributed by atoms with Crippen molar-refractivity contribution >= 4 is 41.6 Å². The Balaban J connectivity index is 2.71. The summed E-state index contributed by atoms with van der Waals surface area (Å²) in [6.07, 6.45) is 0.555. The van der Waals surface area contributed by atoms with Gasteiger partial charge in [-0.05, 0) is 31.5 Å². The molecule has 0 fully saturated rings. The monoisotopic (exact) mass is 452 g/mol. The second-order valence-electron chi connectivity index (χ2n) is 6.23. The van der Waals surface area contributed by atoms with E-state index in [-0.39, 0.29) is 30.1 Å². The van der Waals surface area contributed by atoms with Gasteiger partial charge in [0.1, 0.15) is 0 Å². The Hall–Kier alpha value is -2.29. The van der Waals surface area contributed by atoms with Gasteiger partial charge in [-0.1, -0.05) is 23.7 Å². The van der Waals surface area contributed by atoms with E-state index < -0.39 is 17.9 Å². The number of halogens is 1. The van der Waals surface area contributed by atoms with Gasteiger partial charge in [0, 0.05) is 28.8 Å². The Morgan fingerprint density at radius 2 is 1.87 bits per heavy atom. The van der Waals surface area contributed by atoms with Crippen molar-refractivity contribution in [1.82, 2.24) is 5.32 Å². The third-order valence-electron chi connectivity index (χ3n) is 4.28. The molecular formula is C21H25ClN2O5S. The Bertz CT molecular complexity index is 869. The summed E-state index contributed by atoms with van der Waals surface area (Å²) in [5.74, 6) is -1.08. The second kappa shape index (κ2) is 11.8. The van der Waals surface area contributed by atoms with E-state index in [0.29, 0.717) is 40.6 Å². The number of carbonyl (C=O) groups excluding carboxylic acids is 3. The van der Waals surface area contributed by atoms with E-state index in [0.717, 1.165) is 0 Å². The summed E-state index contributed by atoms with van der Waals surface area (Å²) in [6, 6.07) is 6.80. The average Bonchev–Trinajstić information content (AvgIpc) is 2.73. The smallest absolute Gasteiger partial charge is 0.337 e. The van der Waals surface area contributed by atoms with Gasteiger partial charge >= 0.3 is 11.9 Å². The molecule has 162 valence electrons. The summed E-state index contributed by atoms with van der Waals surface area (Å²) in [7, 11) is 0. The van der Waals surface area contributed by atoms with E-state index >= 15 is 0 Å². The van der Waals surface area contributed by atoms with Gasteiger partial charge < -0.3 is 20.5 Å². The van der Waals surface area contributed by atoms with Crippen LogP contribution in [0.5, 0.6) is 0 Å². The highest BCUT2D eigenvalue weighted by Crippen LogP contribution is 2.40. The molecule has 1 aromatic rings. The van der Waals surface area contributed by atoms with Gasteiger partial charge in [-0.25, -0.2) is 9.59 Å². The van der Waals surface area contributed by atoms with Crippen LogP contribution in [0.15, 0.2) is 46.8 Å². The van der Waals surface area contributed by atoms with Crippen molar-refractivity contribution in [1.29, 1.82) is 0 Å². The molecule has 0 amide bonds. The number of nitrogens with one attached hydrogen (secondary N) is 1. The van der Waals surface area contributed by atoms with E-state index in [2.05, 4.69) is 5.32 Å². The fourth-order valence-corrected chi connectivity index (χ4v) is 4.08. The number of benzene rings is 1. The maximum Gasteiger partial charge on any atom is 0.337 e. The Morgan fingerprint density at radius 3 is 2.43 bits per heavy atom. The van der Waals surface area contributed by atoms with Crippen LogP contribution in [0, 0.1) is 0 Å². The van der Waals surface area contributed by atoms with Gasteiger partial charge in [-0.3, -0.25) is 4.79 Å². The van der Waals surface area contributed by atoms with Gasteiger partial charge in [0.15, 0.2) is 6.29 Å². The lowest BCUT2D eigenvalue weighted by atomic mass is 9.80. The predicted molar refractivity (Wildman–Crippen MR) is 117 cm³/mol. The number of rotatable bonds is 10. The molecule has 30 heavy (non-hydrogen) atoms. The van der Waals surface area contributed by atoms with Crippen LogP contribution < -0.4 is 11.1 Å². The quantitative estimate of drug-likeness (QED) is 0.317. The number of aldehydes is 1. The fourth-order valence-electron chi connectivity index (χ4n) is 3.14. The van der Waals surface area contributed by atoms with Crippen molar-refractivity contribution in [2.75, 3.05) is 31.3 Å². The number of allylic oxidation sites excluding steroid dienone is 1. The molecule has 1 atom stereocenters. The minimum absolute atomic E-state index is 0.0461. The molecule has 1 heterocycles. The van der Waals surface area contributed by atoms with Crippen LogP contribution in [0.3, 0.4) is 0 Å². The highest BCUT2D eigenvalue weighted by atomic mass is 35.5. The molecule has 2 rings (SSSR count). The summed E-state index contributed by atoms with van der Waals surface area (Å²) < 4.78 is 10.5. The Morgan fingerprint density at radius 1 is 1.20 bits per heavy atom. The number of carbonyl (C=O) groups is 3. The predicted octanol–water partition coefficient (Wildman–Crippen LogP) is 2.55. The van der Waals surface area contributed by atoms with Crippen LogP contribution in [0.2, 0.25) is 5.02 Å². The minimum Gasteiger partial charge on any atom is -0.463 e. The van der Waals surface area contributed by atoms with Crippen LogP contribution >= 0.6 is 23.4 Å². The first-order chi connectivity index (χ1) is 14.5. The van der Waals surface area contributed by atoms with Gasteiger partial charge in [-0.15, -0.1) is 0 Å². The van der Waals surface area contributed by atoms with E-state index in [1.165, 1.54) is 11.8 Å². The Labute approximate surface area is 185 Å². The lowest BCUT2D eigenvalue weighted by Gasteiger charge is -2.31. The molecule has 0 saturated carbocycles. The molecule has 0 spiro atoms. The van der Waals surface area contributed by atoms with Crippen molar-refractivity contribution in [3.05, 3.63) is 57.4 Å². The third-order valence-corrected chi connectivity index (χ3v) is 5.53. The number of hydrogen-bond acceptors (Lipinski definition) is 8. The largest absolute Gasteiger partial charge is 0.463 e. The minimum atomic E-state index is -0.864. The van der Waals surface area contributed by atoms with Crippen molar-refractivity contribution in [2.24, 2.45) is 5.73 Å². The van der Waals surface area contributed by atoms with E-state index in [9.17, 15) is 14.4 Å². The van der Waals surface area contributed by atoms with Crippen LogP contribution in [-0.2, 0) is 23.9 Å². The molecular weight excluding hydrogens is 428 g/mol. The molecule has 3 N–H and O–H groups in total. The topological polar surface area (TPSA) is 108 Å². The molecule has 0 aliphatic carbocycles. The second-order valence-corrected chi connectivity index (χ2v) is 7.77. The zero-order valence-electron chi connectivity index (χ0n) is 16.9. The van der Waals surface area contributed by atoms with E-state index in [1.54, 1.807) is 38.1 Å². The lowest BCUT2D eigenvalue weighted by molar-refractivity contribution is -0.139. The summed E-state index contributed by atoms with van der Waals surface area (Å²) in [4.78, 5) is 37.7. The SMILES string of the molecule is CCOC(=O)C1=C(C=O)NC(CSCCN)=C(C(=O)OCC)C1c1cccc(Cl)c1. The summed E-state index contributed by atoms with van der Waals surface area (Å²) in [5, 5.41) is 3.38. The maximum absolute atomic E-state index is 13.0. The number of nitrogens with two attached hydrogens (primary N) is 1. The van der Waals surface area contributed by atoms with Crippen molar-refractivity contribution < 1.29 is 23.9 Å². The number of ether oxygens (including phenoxy) is 2. The molecule has 1 aromatic carbocycles. The number of esters is 2. The Kier molecular flexibility index (Phi) is 9.42. The summed E-state index contributed by atoms with van der Waals surface area (Å²) >= 11 is 7.68. The first-order valence-corrected chi connectivity index (χ1v) is 11.1. The normalized spacial score (nSPS) is 16.2. The zero-order chi connectivity index (χ0) is 22.1. The van der Waals surface area contributed by atoms with Gasteiger partial charge in [0.25, 0.3) is 0 Å². The molecule has 1 aliphatic heterocycles. The fraction of sp³-hybridized carbons (Fsp3) is 0.381. The van der Waals surface area contributed by atoms with Gasteiger partial charge in [0.05, 0.1) is 36.0 Å². The van der Waals surface area contributed by atoms with Crippen molar-refractivity contribution in [2.45, 2.75) is 19.8 Å². The van der Waals surface area contributed by atoms with Gasteiger partial charge in [-0.2, -0.15) is 11.8 Å². The van der Waals surface area contributed by atoms with E-state index in [1.807, 2.05) is 0 Å². The maximum atomic E-state index is 13.0. The summed E-state index contributed by atoms with van der Waals surface area (Å²) in [6.45, 7) is 4.11. The molecule has 0 radical (unpaired) electrons. The number of dihydropyridines is 1. The highest BCUT2D eigenvalue weighted by Gasteiger charge is 2.39. The lowest BCUT2D eigenvalue weighted by Crippen LogP contribution is -2.35. The molecule has 0 bridgehead atoms. The molecule has 0 aromatic heterocycles. The van der Waals surface area contributed by atoms with Crippen molar-refractivity contribution in [3.8, 4) is 0 Å². The molecule has 1 unspecified atom stereocenters. The van der Waals surface area contributed by atoms with Crippen LogP contribution in [-0.4, -0.2) is 49.5 Å². The molecule has 9 heteroatoms. The van der Waals surface area contributed by atoms with Crippen LogP contribution in [0.4, 0.5) is 0 Å². The molecule has 7 nitrogen and oxygen atoms in total. The van der Waals surface area contributed by atoms with Crippen molar-refractivity contribution in [3.63, 3.8) is 0 Å². The first-order valence-electron chi connectivity index (χ1n) is 9.55. The third kappa shape index (κ3) is 5.65. The van der Waals surface area contributed by atoms with E-state index in [4.69, 9.17) is 26.8 Å². The first kappa shape index (κ1) is 24.0. The standard InChI is InChI=1S/C21H25ClN2O5S/c1-3-28-20(26)18-15(11-25)24-16(12-30-9-8-23)19(21(27)29-4-2)17(18)13-6-5-7-14(22)10-13/h5-7,10-11,17,24H,3-4,8-9,12,23H2,1-2H3. The van der Waals surface area contributed by atoms with Crippen LogP contribution in [0.1, 0.15) is 25.3 Å². The zero-order valence-corrected chi connectivity index (χ0v) is 18.5. The number of hydrogen-bond donors (Lipinski definition) is 2. The molecule has 0 saturated heterocycles. The molecule has 1 aliphatic rings. The average molecular weight is 453 g/mol. The summed E-state index contributed by atoms with van der Waals surface area (Å²) in [5.41, 5.74) is 7.00.